The van der Waals surface area contributed by atoms with Gasteiger partial charge in [0.25, 0.3) is 11.5 Å². The van der Waals surface area contributed by atoms with Crippen molar-refractivity contribution < 1.29 is 14.3 Å². The highest BCUT2D eigenvalue weighted by molar-refractivity contribution is 6.34. The number of carbonyl (C=O) groups excluding carboxylic acids is 2. The number of nitrogens with one attached hydrogen (secondary N) is 1. The zero-order valence-corrected chi connectivity index (χ0v) is 19.5. The number of halogens is 1. The van der Waals surface area contributed by atoms with Crippen molar-refractivity contribution in [2.45, 2.75) is 19.4 Å². The average Bonchev–Trinajstić information content (AvgIpc) is 2.79. The first-order valence-corrected chi connectivity index (χ1v) is 10.5. The first kappa shape index (κ1) is 24.0. The summed E-state index contributed by atoms with van der Waals surface area (Å²) in [5.74, 6) is -1.07. The van der Waals surface area contributed by atoms with Crippen LogP contribution in [0.5, 0.6) is 0 Å². The molecule has 1 amide bonds. The lowest BCUT2D eigenvalue weighted by atomic mass is 10.0. The number of aryl methyl sites for hydroxylation is 2. The van der Waals surface area contributed by atoms with Gasteiger partial charge in [0.1, 0.15) is 6.04 Å². The minimum Gasteiger partial charge on any atom is -0.467 e. The van der Waals surface area contributed by atoms with Gasteiger partial charge in [-0.05, 0) is 29.7 Å². The number of benzene rings is 2. The minimum atomic E-state index is -0.936. The van der Waals surface area contributed by atoms with Gasteiger partial charge in [-0.1, -0.05) is 48.0 Å². The smallest absolute Gasteiger partial charge is 0.330 e. The fourth-order valence-electron chi connectivity index (χ4n) is 3.55. The number of nitrogens with zero attached hydrogens (tertiary/aromatic N) is 2. The second kappa shape index (κ2) is 9.87. The molecule has 1 N–H and O–H groups in total. The Labute approximate surface area is 195 Å². The number of amides is 1. The zero-order chi connectivity index (χ0) is 24.3. The van der Waals surface area contributed by atoms with Gasteiger partial charge < -0.3 is 14.6 Å². The maximum Gasteiger partial charge on any atom is 0.330 e. The standard InChI is InChI=1S/C24H24ClN3O5/c1-14-6-5-7-18(25)20(14)21(29)26-19(23(31)33-4)12-15-8-10-16(11-9-15)17-13-27(2)24(32)28(3)22(17)30/h5-11,13,19H,12H2,1-4H3,(H,26,29). The molecule has 0 aliphatic rings. The first-order chi connectivity index (χ1) is 15.6. The molecule has 3 aromatic rings. The van der Waals surface area contributed by atoms with Gasteiger partial charge >= 0.3 is 11.7 Å². The Kier molecular flexibility index (Phi) is 7.18. The number of hydrogen-bond acceptors (Lipinski definition) is 5. The van der Waals surface area contributed by atoms with Gasteiger partial charge in [-0.3, -0.25) is 14.2 Å². The normalized spacial score (nSPS) is 11.7. The van der Waals surface area contributed by atoms with Crippen molar-refractivity contribution in [3.8, 4) is 11.1 Å². The van der Waals surface area contributed by atoms with E-state index >= 15 is 0 Å². The van der Waals surface area contributed by atoms with Crippen molar-refractivity contribution in [1.82, 2.24) is 14.5 Å². The van der Waals surface area contributed by atoms with Crippen LogP contribution in [0.4, 0.5) is 0 Å². The van der Waals surface area contributed by atoms with Crippen LogP contribution in [0.25, 0.3) is 11.1 Å². The Hall–Kier alpha value is -3.65. The maximum atomic E-state index is 12.8. The maximum absolute atomic E-state index is 12.8. The van der Waals surface area contributed by atoms with Gasteiger partial charge in [0.05, 0.1) is 23.3 Å². The Bertz CT molecular complexity index is 1310. The molecule has 0 aliphatic carbocycles. The summed E-state index contributed by atoms with van der Waals surface area (Å²) in [6.45, 7) is 1.76. The summed E-state index contributed by atoms with van der Waals surface area (Å²) in [7, 11) is 4.25. The Balaban J connectivity index is 1.85. The topological polar surface area (TPSA) is 99.4 Å². The van der Waals surface area contributed by atoms with Crippen molar-refractivity contribution in [3.05, 3.63) is 91.2 Å². The third kappa shape index (κ3) is 5.06. The molecule has 0 saturated heterocycles. The van der Waals surface area contributed by atoms with Crippen molar-refractivity contribution in [2.24, 2.45) is 14.1 Å². The Morgan fingerprint density at radius 3 is 2.36 bits per heavy atom. The van der Waals surface area contributed by atoms with Crippen LogP contribution in [0, 0.1) is 6.92 Å². The van der Waals surface area contributed by atoms with Crippen LogP contribution in [0.15, 0.2) is 58.3 Å². The molecule has 172 valence electrons. The number of rotatable bonds is 6. The average molecular weight is 470 g/mol. The molecular weight excluding hydrogens is 446 g/mol. The van der Waals surface area contributed by atoms with Gasteiger partial charge in [0.2, 0.25) is 0 Å². The molecule has 0 radical (unpaired) electrons. The van der Waals surface area contributed by atoms with E-state index in [1.165, 1.54) is 24.9 Å². The van der Waals surface area contributed by atoms with E-state index in [4.69, 9.17) is 16.3 Å². The summed E-state index contributed by atoms with van der Waals surface area (Å²) in [5, 5.41) is 2.99. The SMILES string of the molecule is COC(=O)C(Cc1ccc(-c2cn(C)c(=O)n(C)c2=O)cc1)NC(=O)c1c(C)cccc1Cl. The molecule has 3 rings (SSSR count). The molecular formula is C24H24ClN3O5. The van der Waals surface area contributed by atoms with Gasteiger partial charge in [-0.25, -0.2) is 9.59 Å². The van der Waals surface area contributed by atoms with Crippen LogP contribution in [0.1, 0.15) is 21.5 Å². The molecule has 0 aliphatic heterocycles. The van der Waals surface area contributed by atoms with E-state index in [1.807, 2.05) is 0 Å². The van der Waals surface area contributed by atoms with Crippen LogP contribution >= 0.6 is 11.6 Å². The van der Waals surface area contributed by atoms with Crippen LogP contribution in [0.2, 0.25) is 5.02 Å². The van der Waals surface area contributed by atoms with E-state index in [2.05, 4.69) is 5.32 Å². The lowest BCUT2D eigenvalue weighted by molar-refractivity contribution is -0.142. The van der Waals surface area contributed by atoms with E-state index in [1.54, 1.807) is 56.4 Å². The van der Waals surface area contributed by atoms with Crippen molar-refractivity contribution in [3.63, 3.8) is 0 Å². The summed E-state index contributed by atoms with van der Waals surface area (Å²) in [4.78, 5) is 49.5. The predicted octanol–water partition coefficient (Wildman–Crippen LogP) is 2.23. The minimum absolute atomic E-state index is 0.174. The third-order valence-corrected chi connectivity index (χ3v) is 5.71. The van der Waals surface area contributed by atoms with Crippen LogP contribution in [0.3, 0.4) is 0 Å². The van der Waals surface area contributed by atoms with E-state index < -0.39 is 29.2 Å². The van der Waals surface area contributed by atoms with E-state index in [0.717, 1.165) is 10.1 Å². The number of methoxy groups -OCH3 is 1. The zero-order valence-electron chi connectivity index (χ0n) is 18.7. The molecule has 0 saturated carbocycles. The summed E-state index contributed by atoms with van der Waals surface area (Å²) >= 11 is 6.18. The summed E-state index contributed by atoms with van der Waals surface area (Å²) in [5.41, 5.74) is 1.91. The third-order valence-electron chi connectivity index (χ3n) is 5.39. The molecule has 33 heavy (non-hydrogen) atoms. The number of esters is 1. The monoisotopic (exact) mass is 469 g/mol. The molecule has 2 aromatic carbocycles. The molecule has 1 heterocycles. The van der Waals surface area contributed by atoms with Crippen LogP contribution in [-0.4, -0.2) is 34.2 Å². The second-order valence-corrected chi connectivity index (χ2v) is 8.09. The molecule has 0 spiro atoms. The molecule has 0 fully saturated rings. The number of carbonyl (C=O) groups is 2. The van der Waals surface area contributed by atoms with Gasteiger partial charge in [-0.15, -0.1) is 0 Å². The quantitative estimate of drug-likeness (QED) is 0.558. The highest BCUT2D eigenvalue weighted by atomic mass is 35.5. The van der Waals surface area contributed by atoms with Gasteiger partial charge in [0.15, 0.2) is 0 Å². The van der Waals surface area contributed by atoms with Crippen LogP contribution in [-0.2, 0) is 30.0 Å². The molecule has 1 unspecified atom stereocenters. The second-order valence-electron chi connectivity index (χ2n) is 7.68. The molecule has 1 atom stereocenters. The molecule has 9 heteroatoms. The van der Waals surface area contributed by atoms with E-state index in [0.29, 0.717) is 27.3 Å². The van der Waals surface area contributed by atoms with E-state index in [-0.39, 0.29) is 6.42 Å². The lowest BCUT2D eigenvalue weighted by Crippen LogP contribution is -2.43. The summed E-state index contributed by atoms with van der Waals surface area (Å²) < 4.78 is 7.25. The van der Waals surface area contributed by atoms with Gasteiger partial charge in [-0.2, -0.15) is 0 Å². The largest absolute Gasteiger partial charge is 0.467 e. The molecule has 8 nitrogen and oxygen atoms in total. The highest BCUT2D eigenvalue weighted by Gasteiger charge is 2.24. The number of aromatic nitrogens is 2. The van der Waals surface area contributed by atoms with Gasteiger partial charge in [0, 0.05) is 26.7 Å². The highest BCUT2D eigenvalue weighted by Crippen LogP contribution is 2.20. The van der Waals surface area contributed by atoms with Crippen molar-refractivity contribution in [1.29, 1.82) is 0 Å². The predicted molar refractivity (Wildman–Crippen MR) is 126 cm³/mol. The van der Waals surface area contributed by atoms with Crippen molar-refractivity contribution >= 4 is 23.5 Å². The Morgan fingerprint density at radius 1 is 1.09 bits per heavy atom. The summed E-state index contributed by atoms with van der Waals surface area (Å²) in [6, 6.07) is 11.1. The lowest BCUT2D eigenvalue weighted by Gasteiger charge is -2.18. The van der Waals surface area contributed by atoms with E-state index in [9.17, 15) is 19.2 Å². The fraction of sp³-hybridized carbons (Fsp3) is 0.250. The number of hydrogen-bond donors (Lipinski definition) is 1. The van der Waals surface area contributed by atoms with Crippen molar-refractivity contribution in [2.75, 3.05) is 7.11 Å². The Morgan fingerprint density at radius 2 is 1.76 bits per heavy atom. The molecule has 1 aromatic heterocycles. The summed E-state index contributed by atoms with van der Waals surface area (Å²) in [6.07, 6.45) is 1.66. The van der Waals surface area contributed by atoms with Crippen LogP contribution < -0.4 is 16.6 Å². The number of ether oxygens (including phenoxy) is 1. The molecule has 0 bridgehead atoms. The first-order valence-electron chi connectivity index (χ1n) is 10.1. The fourth-order valence-corrected chi connectivity index (χ4v) is 3.86.